The third-order valence-corrected chi connectivity index (χ3v) is 18.7. The van der Waals surface area contributed by atoms with Crippen molar-refractivity contribution in [1.82, 2.24) is 19.9 Å². The van der Waals surface area contributed by atoms with Crippen LogP contribution in [-0.2, 0) is 21.7 Å². The molecular formula is C84H71N5O2. The van der Waals surface area contributed by atoms with Gasteiger partial charge in [-0.1, -0.05) is 204 Å². The first-order valence-corrected chi connectivity index (χ1v) is 31.6. The molecule has 91 heavy (non-hydrogen) atoms. The van der Waals surface area contributed by atoms with Gasteiger partial charge in [-0.3, -0.25) is 9.59 Å². The number of fused-ring (bicyclic) bond motifs is 10. The lowest BCUT2D eigenvalue weighted by Gasteiger charge is -2.34. The average molecular weight is 1180 g/mol. The number of carbonyl (C=O) groups is 2. The molecule has 3 aromatic heterocycles. The summed E-state index contributed by atoms with van der Waals surface area (Å²) in [6.45, 7) is 26.3. The lowest BCUT2D eigenvalue weighted by Crippen LogP contribution is -2.42. The van der Waals surface area contributed by atoms with Gasteiger partial charge in [0.1, 0.15) is 0 Å². The van der Waals surface area contributed by atoms with Crippen LogP contribution >= 0.6 is 0 Å². The zero-order chi connectivity index (χ0) is 63.2. The number of aromatic nitrogens is 4. The maximum atomic E-state index is 15.0. The van der Waals surface area contributed by atoms with Crippen LogP contribution in [0, 0.1) is 11.8 Å². The second kappa shape index (κ2) is 20.6. The Labute approximate surface area is 531 Å². The van der Waals surface area contributed by atoms with E-state index in [1.165, 1.54) is 16.0 Å². The van der Waals surface area contributed by atoms with Crippen LogP contribution in [0.2, 0.25) is 0 Å². The van der Waals surface area contributed by atoms with E-state index in [9.17, 15) is 9.59 Å². The highest BCUT2D eigenvalue weighted by Gasteiger charge is 2.38. The molecule has 0 spiro atoms. The van der Waals surface area contributed by atoms with Crippen LogP contribution in [0.1, 0.15) is 160 Å². The first kappa shape index (κ1) is 57.0. The molecule has 12 aromatic rings. The van der Waals surface area contributed by atoms with Crippen molar-refractivity contribution in [3.63, 3.8) is 0 Å². The molecule has 0 atom stereocenters. The number of nitrogens with one attached hydrogen (secondary N) is 2. The fourth-order valence-electron chi connectivity index (χ4n) is 13.8. The summed E-state index contributed by atoms with van der Waals surface area (Å²) in [6.07, 6.45) is 8.50. The summed E-state index contributed by atoms with van der Waals surface area (Å²) < 4.78 is 0. The molecule has 0 saturated heterocycles. The van der Waals surface area contributed by atoms with Crippen molar-refractivity contribution in [2.24, 2.45) is 0 Å². The maximum absolute atomic E-state index is 15.0. The highest BCUT2D eigenvalue weighted by Crippen LogP contribution is 2.47. The van der Waals surface area contributed by atoms with E-state index < -0.39 is 0 Å². The molecule has 3 aliphatic heterocycles. The number of hydrogen-bond acceptors (Lipinski definition) is 4. The van der Waals surface area contributed by atoms with Crippen molar-refractivity contribution >= 4 is 107 Å². The minimum Gasteiger partial charge on any atom is -0.355 e. The van der Waals surface area contributed by atoms with E-state index in [2.05, 4.69) is 287 Å². The Morgan fingerprint density at radius 2 is 0.857 bits per heavy atom. The Balaban J connectivity index is 0.849. The molecule has 6 heterocycles. The Morgan fingerprint density at radius 1 is 0.385 bits per heavy atom. The topological polar surface area (TPSA) is 94.7 Å². The summed E-state index contributed by atoms with van der Waals surface area (Å²) in [4.78, 5) is 49.9. The van der Waals surface area contributed by atoms with Crippen LogP contribution in [0.25, 0.3) is 123 Å². The Morgan fingerprint density at radius 3 is 1.42 bits per heavy atom. The van der Waals surface area contributed by atoms with Gasteiger partial charge in [0.05, 0.1) is 28.5 Å². The zero-order valence-electron chi connectivity index (χ0n) is 53.7. The predicted molar refractivity (Wildman–Crippen MR) is 381 cm³/mol. The number of rotatable bonds is 4. The van der Waals surface area contributed by atoms with Crippen LogP contribution in [0.4, 0.5) is 5.69 Å². The molecule has 9 aromatic carbocycles. The average Bonchev–Trinajstić information content (AvgIpc) is 1.22. The third-order valence-electron chi connectivity index (χ3n) is 18.7. The van der Waals surface area contributed by atoms with Crippen molar-refractivity contribution in [2.75, 3.05) is 4.90 Å². The van der Waals surface area contributed by atoms with Gasteiger partial charge in [0.15, 0.2) is 0 Å². The number of nitrogens with zero attached hydrogens (tertiary/aromatic N) is 3. The molecule has 444 valence electrons. The van der Waals surface area contributed by atoms with E-state index in [1.807, 2.05) is 18.2 Å². The van der Waals surface area contributed by atoms with Crippen molar-refractivity contribution in [2.45, 2.75) is 105 Å². The molecule has 8 bridgehead atoms. The minimum absolute atomic E-state index is 0.00219. The number of hydrogen-bond donors (Lipinski definition) is 2. The van der Waals surface area contributed by atoms with Gasteiger partial charge in [0.25, 0.3) is 11.8 Å². The van der Waals surface area contributed by atoms with Crippen molar-refractivity contribution in [3.8, 4) is 45.2 Å². The summed E-state index contributed by atoms with van der Waals surface area (Å²) in [7, 11) is 0. The van der Waals surface area contributed by atoms with E-state index in [0.717, 1.165) is 138 Å². The van der Waals surface area contributed by atoms with Crippen LogP contribution in [-0.4, -0.2) is 31.8 Å². The van der Waals surface area contributed by atoms with Crippen molar-refractivity contribution in [1.29, 1.82) is 0 Å². The van der Waals surface area contributed by atoms with E-state index in [0.29, 0.717) is 22.2 Å². The van der Waals surface area contributed by atoms with Gasteiger partial charge < -0.3 is 9.97 Å². The van der Waals surface area contributed by atoms with Gasteiger partial charge in [-0.05, 0) is 189 Å². The predicted octanol–water partition coefficient (Wildman–Crippen LogP) is 21.1. The summed E-state index contributed by atoms with van der Waals surface area (Å²) in [6, 6.07) is 62.0. The summed E-state index contributed by atoms with van der Waals surface area (Å²) >= 11 is 0. The number of amides is 2. The lowest BCUT2D eigenvalue weighted by atomic mass is 9.80. The molecular weight excluding hydrogens is 1110 g/mol. The molecule has 0 fully saturated rings. The summed E-state index contributed by atoms with van der Waals surface area (Å²) in [5, 5.41) is 7.87. The fraction of sp³-hybridized carbons (Fsp3) is 0.190. The minimum atomic E-state index is -0.320. The SMILES string of the molecule is CC(C)(C)c1ccc(-c2c3nc(c(-c4ccc(C#Cc5ccc6c7ccc8c9c(ccc(c%10cccc5c%106)c97)C(=O)N(c5cc(C(C)(C)C)ccc5C(C)(C)C)C8=O)cc4)c4ccc([nH]4)c(-c4ccc(C(C)(C)C)cc4)c4nc(cc5ccc2[nH]5)C=C4)C=C3)cc1. The van der Waals surface area contributed by atoms with Crippen LogP contribution in [0.3, 0.4) is 0 Å². The molecule has 0 unspecified atom stereocenters. The maximum Gasteiger partial charge on any atom is 0.265 e. The number of benzene rings is 9. The second-order valence-electron chi connectivity index (χ2n) is 29.0. The Bertz CT molecular complexity index is 5270. The van der Waals surface area contributed by atoms with E-state index >= 15 is 0 Å². The number of H-pyrrole nitrogens is 2. The summed E-state index contributed by atoms with van der Waals surface area (Å²) in [5.41, 5.74) is 20.9. The van der Waals surface area contributed by atoms with Gasteiger partial charge in [-0.2, -0.15) is 0 Å². The molecule has 2 amide bonds. The number of anilines is 1. The smallest absolute Gasteiger partial charge is 0.265 e. The van der Waals surface area contributed by atoms with Gasteiger partial charge in [-0.25, -0.2) is 14.9 Å². The van der Waals surface area contributed by atoms with Gasteiger partial charge in [0.2, 0.25) is 0 Å². The first-order valence-electron chi connectivity index (χ1n) is 31.6. The molecule has 0 aliphatic carbocycles. The number of imide groups is 1. The van der Waals surface area contributed by atoms with Crippen molar-refractivity contribution < 1.29 is 9.59 Å². The molecule has 7 nitrogen and oxygen atoms in total. The zero-order valence-corrected chi connectivity index (χ0v) is 53.7. The van der Waals surface area contributed by atoms with E-state index in [4.69, 9.17) is 9.97 Å². The van der Waals surface area contributed by atoms with Gasteiger partial charge >= 0.3 is 0 Å². The van der Waals surface area contributed by atoms with E-state index in [1.54, 1.807) is 0 Å². The number of aromatic amines is 2. The van der Waals surface area contributed by atoms with Gasteiger partial charge in [0, 0.05) is 66.4 Å². The largest absolute Gasteiger partial charge is 0.355 e. The quantitative estimate of drug-likeness (QED) is 0.0794. The Kier molecular flexibility index (Phi) is 12.9. The van der Waals surface area contributed by atoms with Gasteiger partial charge in [-0.15, -0.1) is 0 Å². The first-order chi connectivity index (χ1) is 43.4. The molecule has 3 aliphatic rings. The van der Waals surface area contributed by atoms with Crippen molar-refractivity contribution in [3.05, 3.63) is 243 Å². The second-order valence-corrected chi connectivity index (χ2v) is 29.0. The fourth-order valence-corrected chi connectivity index (χ4v) is 13.8. The molecule has 15 rings (SSSR count). The molecule has 7 heteroatoms. The third kappa shape index (κ3) is 9.67. The molecule has 0 radical (unpaired) electrons. The standard InChI is InChI=1S/C84H71N5O2/c1-81(2,3)53-27-22-51(23-28-53)73-66-40-32-56(85-66)47-57-33-41-67(86-57)74(52-24-29-54(30-25-52)82(4,5)6)69-43-45-71(88-69)75(70-44-42-68(73)87-70)50-20-17-48(18-21-50)16-19-49-26-34-60-62-36-38-64-78-63(37-35-61(77(62)78)59-15-13-14-58(49)76(59)60)79(90)89(80(64)91)72-46-55(83(7,8)9)31-39-65(72)84(10,11)12/h13-15,17-18,20-47,85,88H,1-12H3. The lowest BCUT2D eigenvalue weighted by molar-refractivity contribution is 0.0893. The molecule has 0 saturated carbocycles. The van der Waals surface area contributed by atoms with Crippen LogP contribution in [0.5, 0.6) is 0 Å². The van der Waals surface area contributed by atoms with Crippen LogP contribution in [0.15, 0.2) is 176 Å². The van der Waals surface area contributed by atoms with Crippen LogP contribution < -0.4 is 4.90 Å². The highest BCUT2D eigenvalue weighted by molar-refractivity contribution is 6.42. The van der Waals surface area contributed by atoms with E-state index in [-0.39, 0.29) is 33.5 Å². The normalized spacial score (nSPS) is 13.6. The summed E-state index contributed by atoms with van der Waals surface area (Å²) in [5.74, 6) is 6.55. The monoisotopic (exact) mass is 1180 g/mol. The highest BCUT2D eigenvalue weighted by atomic mass is 16.2. The number of carbonyl (C=O) groups excluding carboxylic acids is 2. The Hall–Kier alpha value is -10.4. The molecule has 2 N–H and O–H groups in total.